The summed E-state index contributed by atoms with van der Waals surface area (Å²) < 4.78 is 5.61. The summed E-state index contributed by atoms with van der Waals surface area (Å²) in [4.78, 5) is 3.97. The number of pyridine rings is 1. The van der Waals surface area contributed by atoms with Gasteiger partial charge in [-0.1, -0.05) is 6.07 Å². The lowest BCUT2D eigenvalue weighted by molar-refractivity contribution is 0.281. The van der Waals surface area contributed by atoms with Crippen molar-refractivity contribution in [2.75, 3.05) is 0 Å². The van der Waals surface area contributed by atoms with Gasteiger partial charge in [-0.25, -0.2) is 0 Å². The summed E-state index contributed by atoms with van der Waals surface area (Å²) in [6.07, 6.45) is 3.36. The highest BCUT2D eigenvalue weighted by atomic mass is 16.5. The molecule has 0 radical (unpaired) electrons. The minimum Gasteiger partial charge on any atom is -0.456 e. The third-order valence-corrected chi connectivity index (χ3v) is 2.35. The Kier molecular flexibility index (Phi) is 3.17. The molecule has 0 atom stereocenters. The number of hydrogen-bond acceptors (Lipinski definition) is 3. The molecule has 2 rings (SSSR count). The molecule has 0 bridgehead atoms. The van der Waals surface area contributed by atoms with Crippen LogP contribution in [0, 0.1) is 6.92 Å². The fourth-order valence-corrected chi connectivity index (χ4v) is 1.45. The molecule has 0 unspecified atom stereocenters. The molecule has 1 aromatic carbocycles. The Balaban J connectivity index is 2.20. The van der Waals surface area contributed by atoms with E-state index in [-0.39, 0.29) is 6.61 Å². The van der Waals surface area contributed by atoms with Gasteiger partial charge in [0.25, 0.3) is 0 Å². The summed E-state index contributed by atoms with van der Waals surface area (Å²) in [7, 11) is 0. The van der Waals surface area contributed by atoms with Crippen LogP contribution < -0.4 is 4.74 Å². The lowest BCUT2D eigenvalue weighted by Crippen LogP contribution is -1.90. The lowest BCUT2D eigenvalue weighted by atomic mass is 10.1. The molecule has 3 nitrogen and oxygen atoms in total. The molecular formula is C13H13NO2. The van der Waals surface area contributed by atoms with Gasteiger partial charge in [-0.15, -0.1) is 0 Å². The third kappa shape index (κ3) is 2.38. The number of aromatic nitrogens is 1. The number of aryl methyl sites for hydroxylation is 1. The zero-order valence-corrected chi connectivity index (χ0v) is 9.05. The van der Waals surface area contributed by atoms with Crippen LogP contribution in [0.25, 0.3) is 0 Å². The zero-order valence-electron chi connectivity index (χ0n) is 9.05. The average molecular weight is 215 g/mol. The second-order valence-corrected chi connectivity index (χ2v) is 3.54. The van der Waals surface area contributed by atoms with Crippen molar-refractivity contribution in [3.05, 3.63) is 53.9 Å². The highest BCUT2D eigenvalue weighted by Crippen LogP contribution is 2.22. The first kappa shape index (κ1) is 10.6. The van der Waals surface area contributed by atoms with Gasteiger partial charge in [0.2, 0.25) is 0 Å². The van der Waals surface area contributed by atoms with Crippen molar-refractivity contribution < 1.29 is 9.84 Å². The average Bonchev–Trinajstić information content (AvgIpc) is 2.31. The van der Waals surface area contributed by atoms with Crippen molar-refractivity contribution in [3.8, 4) is 11.5 Å². The highest BCUT2D eigenvalue weighted by Gasteiger charge is 2.01. The molecule has 82 valence electrons. The van der Waals surface area contributed by atoms with Crippen molar-refractivity contribution in [2.24, 2.45) is 0 Å². The number of aliphatic hydroxyl groups excluding tert-OH is 1. The molecule has 1 N–H and O–H groups in total. The number of nitrogens with zero attached hydrogens (tertiary/aromatic N) is 1. The highest BCUT2D eigenvalue weighted by molar-refractivity contribution is 5.36. The lowest BCUT2D eigenvalue weighted by Gasteiger charge is -2.08. The monoisotopic (exact) mass is 215 g/mol. The SMILES string of the molecule is Cc1cc(Oc2cccnc2)ccc1CO. The van der Waals surface area contributed by atoms with Crippen LogP contribution in [0.1, 0.15) is 11.1 Å². The minimum atomic E-state index is 0.0546. The van der Waals surface area contributed by atoms with Gasteiger partial charge in [-0.05, 0) is 42.3 Å². The summed E-state index contributed by atoms with van der Waals surface area (Å²) in [6, 6.07) is 9.28. The first-order chi connectivity index (χ1) is 7.79. The Bertz CT molecular complexity index is 469. The first-order valence-electron chi connectivity index (χ1n) is 5.08. The van der Waals surface area contributed by atoms with Gasteiger partial charge in [0.05, 0.1) is 12.8 Å². The molecular weight excluding hydrogens is 202 g/mol. The topological polar surface area (TPSA) is 42.4 Å². The predicted octanol–water partition coefficient (Wildman–Crippen LogP) is 2.67. The van der Waals surface area contributed by atoms with E-state index >= 15 is 0 Å². The van der Waals surface area contributed by atoms with Gasteiger partial charge in [-0.3, -0.25) is 4.98 Å². The Labute approximate surface area is 94.3 Å². The molecule has 0 aliphatic heterocycles. The van der Waals surface area contributed by atoms with E-state index in [1.54, 1.807) is 12.4 Å². The molecule has 0 saturated heterocycles. The van der Waals surface area contributed by atoms with Crippen LogP contribution >= 0.6 is 0 Å². The van der Waals surface area contributed by atoms with Crippen LogP contribution in [-0.2, 0) is 6.61 Å². The van der Waals surface area contributed by atoms with E-state index in [1.807, 2.05) is 37.3 Å². The number of ether oxygens (including phenoxy) is 1. The Morgan fingerprint density at radius 3 is 2.75 bits per heavy atom. The molecule has 0 spiro atoms. The maximum Gasteiger partial charge on any atom is 0.145 e. The van der Waals surface area contributed by atoms with Crippen LogP contribution in [0.15, 0.2) is 42.7 Å². The second-order valence-electron chi connectivity index (χ2n) is 3.54. The van der Waals surface area contributed by atoms with Gasteiger partial charge in [0.1, 0.15) is 11.5 Å². The number of benzene rings is 1. The summed E-state index contributed by atoms with van der Waals surface area (Å²) in [5, 5.41) is 9.05. The quantitative estimate of drug-likeness (QED) is 0.855. The zero-order chi connectivity index (χ0) is 11.4. The smallest absolute Gasteiger partial charge is 0.145 e. The number of aliphatic hydroxyl groups is 1. The Morgan fingerprint density at radius 2 is 2.12 bits per heavy atom. The molecule has 0 fully saturated rings. The normalized spacial score (nSPS) is 10.1. The van der Waals surface area contributed by atoms with Gasteiger partial charge < -0.3 is 9.84 Å². The van der Waals surface area contributed by atoms with Crippen molar-refractivity contribution in [3.63, 3.8) is 0 Å². The number of rotatable bonds is 3. The predicted molar refractivity (Wildman–Crippen MR) is 61.4 cm³/mol. The molecule has 1 heterocycles. The van der Waals surface area contributed by atoms with Crippen LogP contribution in [0.3, 0.4) is 0 Å². The van der Waals surface area contributed by atoms with Gasteiger partial charge >= 0.3 is 0 Å². The third-order valence-electron chi connectivity index (χ3n) is 2.35. The second kappa shape index (κ2) is 4.77. The Hall–Kier alpha value is -1.87. The minimum absolute atomic E-state index is 0.0546. The maximum absolute atomic E-state index is 9.05. The van der Waals surface area contributed by atoms with Crippen LogP contribution in [0.5, 0.6) is 11.5 Å². The fraction of sp³-hybridized carbons (Fsp3) is 0.154. The number of hydrogen-bond donors (Lipinski definition) is 1. The van der Waals surface area contributed by atoms with E-state index in [4.69, 9.17) is 9.84 Å². The van der Waals surface area contributed by atoms with E-state index in [0.717, 1.165) is 16.9 Å². The van der Waals surface area contributed by atoms with E-state index in [9.17, 15) is 0 Å². The van der Waals surface area contributed by atoms with Crippen molar-refractivity contribution >= 4 is 0 Å². The van der Waals surface area contributed by atoms with E-state index in [0.29, 0.717) is 5.75 Å². The Morgan fingerprint density at radius 1 is 1.25 bits per heavy atom. The van der Waals surface area contributed by atoms with Crippen LogP contribution in [0.4, 0.5) is 0 Å². The molecule has 3 heteroatoms. The molecule has 2 aromatic rings. The maximum atomic E-state index is 9.05. The van der Waals surface area contributed by atoms with E-state index in [2.05, 4.69) is 4.98 Å². The summed E-state index contributed by atoms with van der Waals surface area (Å²) in [5.41, 5.74) is 1.93. The molecule has 1 aromatic heterocycles. The van der Waals surface area contributed by atoms with Crippen molar-refractivity contribution in [2.45, 2.75) is 13.5 Å². The van der Waals surface area contributed by atoms with Gasteiger partial charge in [-0.2, -0.15) is 0 Å². The summed E-state index contributed by atoms with van der Waals surface area (Å²) >= 11 is 0. The molecule has 0 saturated carbocycles. The molecule has 0 aliphatic carbocycles. The molecule has 16 heavy (non-hydrogen) atoms. The van der Waals surface area contributed by atoms with Crippen molar-refractivity contribution in [1.82, 2.24) is 4.98 Å². The standard InChI is InChI=1S/C13H13NO2/c1-10-7-12(5-4-11(10)9-15)16-13-3-2-6-14-8-13/h2-8,15H,9H2,1H3. The fourth-order valence-electron chi connectivity index (χ4n) is 1.45. The van der Waals surface area contributed by atoms with Crippen LogP contribution in [0.2, 0.25) is 0 Å². The molecule has 0 amide bonds. The van der Waals surface area contributed by atoms with Gasteiger partial charge in [0, 0.05) is 6.20 Å². The molecule has 0 aliphatic rings. The van der Waals surface area contributed by atoms with Crippen LogP contribution in [-0.4, -0.2) is 10.1 Å². The van der Waals surface area contributed by atoms with Crippen molar-refractivity contribution in [1.29, 1.82) is 0 Å². The first-order valence-corrected chi connectivity index (χ1v) is 5.08. The van der Waals surface area contributed by atoms with E-state index in [1.165, 1.54) is 0 Å². The van der Waals surface area contributed by atoms with E-state index < -0.39 is 0 Å². The summed E-state index contributed by atoms with van der Waals surface area (Å²) in [5.74, 6) is 1.46. The summed E-state index contributed by atoms with van der Waals surface area (Å²) in [6.45, 7) is 2.00. The van der Waals surface area contributed by atoms with Gasteiger partial charge in [0.15, 0.2) is 0 Å². The largest absolute Gasteiger partial charge is 0.456 e.